The van der Waals surface area contributed by atoms with Crippen LogP contribution in [0, 0.1) is 13.8 Å². The molecule has 0 bridgehead atoms. The summed E-state index contributed by atoms with van der Waals surface area (Å²) in [5, 5.41) is 6.88. The van der Waals surface area contributed by atoms with E-state index in [4.69, 9.17) is 11.6 Å². The second kappa shape index (κ2) is 8.59. The van der Waals surface area contributed by atoms with E-state index in [1.807, 2.05) is 26.0 Å². The lowest BCUT2D eigenvalue weighted by atomic mass is 10.1. The highest BCUT2D eigenvalue weighted by Crippen LogP contribution is 2.27. The van der Waals surface area contributed by atoms with Crippen LogP contribution in [-0.4, -0.2) is 43.5 Å². The zero-order valence-electron chi connectivity index (χ0n) is 12.5. The zero-order chi connectivity index (χ0) is 14.5. The van der Waals surface area contributed by atoms with Gasteiger partial charge in [0.2, 0.25) is 5.91 Å². The summed E-state index contributed by atoms with van der Waals surface area (Å²) in [6, 6.07) is 3.90. The largest absolute Gasteiger partial charge is 0.323 e. The van der Waals surface area contributed by atoms with Crippen LogP contribution in [0.3, 0.4) is 0 Å². The van der Waals surface area contributed by atoms with Crippen molar-refractivity contribution in [1.82, 2.24) is 10.2 Å². The van der Waals surface area contributed by atoms with Crippen molar-refractivity contribution in [3.8, 4) is 0 Å². The molecule has 0 spiro atoms. The fraction of sp³-hybridized carbons (Fsp3) is 0.533. The van der Waals surface area contributed by atoms with E-state index < -0.39 is 0 Å². The van der Waals surface area contributed by atoms with E-state index in [1.54, 1.807) is 0 Å². The Morgan fingerprint density at radius 1 is 1.33 bits per heavy atom. The number of hydrogen-bond acceptors (Lipinski definition) is 3. The highest BCUT2D eigenvalue weighted by Gasteiger charge is 2.14. The third-order valence-electron chi connectivity index (χ3n) is 3.50. The maximum absolute atomic E-state index is 12.2. The molecule has 2 rings (SSSR count). The van der Waals surface area contributed by atoms with Crippen LogP contribution >= 0.6 is 24.0 Å². The fourth-order valence-corrected chi connectivity index (χ4v) is 2.88. The van der Waals surface area contributed by atoms with Gasteiger partial charge in [-0.1, -0.05) is 17.7 Å². The van der Waals surface area contributed by atoms with Gasteiger partial charge in [0.05, 0.1) is 17.3 Å². The number of anilines is 1. The van der Waals surface area contributed by atoms with Crippen molar-refractivity contribution in [2.45, 2.75) is 20.3 Å². The van der Waals surface area contributed by atoms with Crippen molar-refractivity contribution in [2.24, 2.45) is 0 Å². The third-order valence-corrected chi connectivity index (χ3v) is 3.79. The van der Waals surface area contributed by atoms with E-state index in [0.717, 1.165) is 49.4 Å². The predicted molar refractivity (Wildman–Crippen MR) is 90.7 cm³/mol. The molecule has 0 unspecified atom stereocenters. The monoisotopic (exact) mass is 331 g/mol. The number of hydrogen-bond donors (Lipinski definition) is 2. The van der Waals surface area contributed by atoms with Gasteiger partial charge in [0.1, 0.15) is 0 Å². The average molecular weight is 332 g/mol. The summed E-state index contributed by atoms with van der Waals surface area (Å²) in [6.07, 6.45) is 1.08. The topological polar surface area (TPSA) is 44.4 Å². The highest BCUT2D eigenvalue weighted by atomic mass is 35.5. The smallest absolute Gasteiger partial charge is 0.238 e. The number of nitrogens with zero attached hydrogens (tertiary/aromatic N) is 1. The molecule has 1 amide bonds. The molecule has 1 fully saturated rings. The first-order valence-corrected chi connectivity index (χ1v) is 7.44. The Kier molecular flexibility index (Phi) is 7.46. The van der Waals surface area contributed by atoms with E-state index in [1.165, 1.54) is 0 Å². The van der Waals surface area contributed by atoms with Gasteiger partial charge >= 0.3 is 0 Å². The van der Waals surface area contributed by atoms with Gasteiger partial charge in [-0.25, -0.2) is 0 Å². The van der Waals surface area contributed by atoms with Crippen LogP contribution in [0.2, 0.25) is 5.02 Å². The maximum atomic E-state index is 12.2. The van der Waals surface area contributed by atoms with Gasteiger partial charge in [0.15, 0.2) is 0 Å². The van der Waals surface area contributed by atoms with Gasteiger partial charge in [-0.05, 0) is 50.6 Å². The number of carbonyl (C=O) groups is 1. The molecule has 118 valence electrons. The Balaban J connectivity index is 0.00000220. The summed E-state index contributed by atoms with van der Waals surface area (Å²) in [4.78, 5) is 14.3. The Morgan fingerprint density at radius 2 is 2.10 bits per heavy atom. The van der Waals surface area contributed by atoms with Crippen molar-refractivity contribution in [3.63, 3.8) is 0 Å². The van der Waals surface area contributed by atoms with Crippen molar-refractivity contribution in [3.05, 3.63) is 28.3 Å². The lowest BCUT2D eigenvalue weighted by molar-refractivity contribution is -0.117. The second-order valence-corrected chi connectivity index (χ2v) is 5.77. The van der Waals surface area contributed by atoms with E-state index in [0.29, 0.717) is 11.6 Å². The summed E-state index contributed by atoms with van der Waals surface area (Å²) >= 11 is 6.21. The van der Waals surface area contributed by atoms with Crippen LogP contribution in [0.15, 0.2) is 12.1 Å². The number of halogens is 2. The van der Waals surface area contributed by atoms with Gasteiger partial charge in [-0.2, -0.15) is 0 Å². The normalized spacial score (nSPS) is 16.0. The molecule has 4 nitrogen and oxygen atoms in total. The fourth-order valence-electron chi connectivity index (χ4n) is 2.52. The summed E-state index contributed by atoms with van der Waals surface area (Å²) in [7, 11) is 0. The Labute approximate surface area is 137 Å². The lowest BCUT2D eigenvalue weighted by Crippen LogP contribution is -2.35. The summed E-state index contributed by atoms with van der Waals surface area (Å²) in [5.41, 5.74) is 2.83. The van der Waals surface area contributed by atoms with Crippen molar-refractivity contribution < 1.29 is 4.79 Å². The number of rotatable bonds is 3. The molecule has 0 aromatic heterocycles. The van der Waals surface area contributed by atoms with Crippen LogP contribution in [0.1, 0.15) is 17.5 Å². The molecule has 1 heterocycles. The van der Waals surface area contributed by atoms with Gasteiger partial charge in [0.25, 0.3) is 0 Å². The SMILES string of the molecule is Cc1cc(C)c(NC(=O)CN2CCCNCC2)c(Cl)c1.Cl. The second-order valence-electron chi connectivity index (χ2n) is 5.37. The molecule has 1 aromatic rings. The molecule has 0 atom stereocenters. The summed E-state index contributed by atoms with van der Waals surface area (Å²) in [5.74, 6) is 0.000697. The Hall–Kier alpha value is -0.810. The predicted octanol–water partition coefficient (Wildman–Crippen LogP) is 2.61. The van der Waals surface area contributed by atoms with Gasteiger partial charge in [-0.3, -0.25) is 9.69 Å². The van der Waals surface area contributed by atoms with E-state index >= 15 is 0 Å². The summed E-state index contributed by atoms with van der Waals surface area (Å²) in [6.45, 7) is 8.22. The van der Waals surface area contributed by atoms with Gasteiger partial charge in [0, 0.05) is 13.1 Å². The standard InChI is InChI=1S/C15H22ClN3O.ClH/c1-11-8-12(2)15(13(16)9-11)18-14(20)10-19-6-3-4-17-5-7-19;/h8-9,17H,3-7,10H2,1-2H3,(H,18,20);1H. The molecule has 1 aliphatic heterocycles. The van der Waals surface area contributed by atoms with Crippen LogP contribution in [-0.2, 0) is 4.79 Å². The number of amides is 1. The average Bonchev–Trinajstić information content (AvgIpc) is 2.62. The molecule has 0 aliphatic carbocycles. The molecule has 6 heteroatoms. The quantitative estimate of drug-likeness (QED) is 0.894. The van der Waals surface area contributed by atoms with Crippen molar-refractivity contribution in [1.29, 1.82) is 0 Å². The minimum Gasteiger partial charge on any atom is -0.323 e. The van der Waals surface area contributed by atoms with Gasteiger partial charge in [-0.15, -0.1) is 12.4 Å². The van der Waals surface area contributed by atoms with E-state index in [2.05, 4.69) is 15.5 Å². The van der Waals surface area contributed by atoms with Crippen LogP contribution in [0.4, 0.5) is 5.69 Å². The molecule has 0 radical (unpaired) electrons. The van der Waals surface area contributed by atoms with Crippen LogP contribution < -0.4 is 10.6 Å². The molecule has 1 saturated heterocycles. The minimum atomic E-state index is 0. The molecule has 1 aromatic carbocycles. The first-order valence-electron chi connectivity index (χ1n) is 7.06. The minimum absolute atomic E-state index is 0. The third kappa shape index (κ3) is 5.47. The number of aryl methyl sites for hydroxylation is 2. The molecule has 0 saturated carbocycles. The molecular formula is C15H23Cl2N3O. The molecule has 2 N–H and O–H groups in total. The molecular weight excluding hydrogens is 309 g/mol. The first-order chi connectivity index (χ1) is 9.56. The highest BCUT2D eigenvalue weighted by molar-refractivity contribution is 6.34. The van der Waals surface area contributed by atoms with Crippen molar-refractivity contribution >= 4 is 35.6 Å². The maximum Gasteiger partial charge on any atom is 0.238 e. The zero-order valence-corrected chi connectivity index (χ0v) is 14.1. The van der Waals surface area contributed by atoms with E-state index in [9.17, 15) is 4.79 Å². The van der Waals surface area contributed by atoms with Crippen molar-refractivity contribution in [2.75, 3.05) is 38.0 Å². The van der Waals surface area contributed by atoms with E-state index in [-0.39, 0.29) is 18.3 Å². The molecule has 1 aliphatic rings. The molecule has 21 heavy (non-hydrogen) atoms. The number of carbonyl (C=O) groups excluding carboxylic acids is 1. The first kappa shape index (κ1) is 18.2. The number of benzene rings is 1. The number of nitrogens with one attached hydrogen (secondary N) is 2. The summed E-state index contributed by atoms with van der Waals surface area (Å²) < 4.78 is 0. The Morgan fingerprint density at radius 3 is 2.81 bits per heavy atom. The van der Waals surface area contributed by atoms with Gasteiger partial charge < -0.3 is 10.6 Å². The lowest BCUT2D eigenvalue weighted by Gasteiger charge is -2.19. The van der Waals surface area contributed by atoms with Crippen LogP contribution in [0.25, 0.3) is 0 Å². The Bertz CT molecular complexity index is 463. The van der Waals surface area contributed by atoms with Crippen LogP contribution in [0.5, 0.6) is 0 Å².